The molecular formula is C19H22N6O3. The Labute approximate surface area is 161 Å². The van der Waals surface area contributed by atoms with E-state index in [-0.39, 0.29) is 17.9 Å². The number of likely N-dealkylation sites (tertiary alicyclic amines) is 2. The van der Waals surface area contributed by atoms with Crippen LogP contribution in [0.3, 0.4) is 0 Å². The highest BCUT2D eigenvalue weighted by Crippen LogP contribution is 2.32. The van der Waals surface area contributed by atoms with Gasteiger partial charge < -0.3 is 18.4 Å². The first-order valence-corrected chi connectivity index (χ1v) is 9.55. The summed E-state index contributed by atoms with van der Waals surface area (Å²) in [6.45, 7) is 2.77. The molecule has 5 rings (SSSR count). The highest BCUT2D eigenvalue weighted by molar-refractivity contribution is 5.92. The van der Waals surface area contributed by atoms with Gasteiger partial charge in [0.05, 0.1) is 24.8 Å². The number of imidazole rings is 1. The number of furan rings is 1. The number of carbonyl (C=O) groups excluding carboxylic acids is 1. The van der Waals surface area contributed by atoms with Crippen LogP contribution in [0.1, 0.15) is 52.8 Å². The average molecular weight is 382 g/mol. The van der Waals surface area contributed by atoms with Crippen molar-refractivity contribution in [3.63, 3.8) is 0 Å². The molecule has 1 atom stereocenters. The van der Waals surface area contributed by atoms with Crippen LogP contribution in [0.25, 0.3) is 0 Å². The molecule has 2 aliphatic heterocycles. The van der Waals surface area contributed by atoms with Crippen molar-refractivity contribution in [2.24, 2.45) is 0 Å². The maximum Gasteiger partial charge on any atom is 0.289 e. The summed E-state index contributed by atoms with van der Waals surface area (Å²) >= 11 is 0. The van der Waals surface area contributed by atoms with Gasteiger partial charge in [-0.2, -0.15) is 4.98 Å². The second-order valence-corrected chi connectivity index (χ2v) is 7.54. The quantitative estimate of drug-likeness (QED) is 0.665. The third-order valence-corrected chi connectivity index (χ3v) is 5.57. The summed E-state index contributed by atoms with van der Waals surface area (Å²) in [6, 6.07) is 3.77. The minimum atomic E-state index is -0.104. The molecule has 146 valence electrons. The van der Waals surface area contributed by atoms with Crippen LogP contribution in [0, 0.1) is 0 Å². The van der Waals surface area contributed by atoms with Gasteiger partial charge in [-0.3, -0.25) is 9.69 Å². The van der Waals surface area contributed by atoms with Crippen molar-refractivity contribution in [3.8, 4) is 0 Å². The van der Waals surface area contributed by atoms with Crippen molar-refractivity contribution in [3.05, 3.63) is 54.1 Å². The van der Waals surface area contributed by atoms with E-state index in [1.807, 2.05) is 16.8 Å². The number of hydrogen-bond donors (Lipinski definition) is 0. The molecule has 5 heterocycles. The highest BCUT2D eigenvalue weighted by atomic mass is 16.5. The van der Waals surface area contributed by atoms with Crippen molar-refractivity contribution in [2.75, 3.05) is 26.7 Å². The van der Waals surface area contributed by atoms with Gasteiger partial charge >= 0.3 is 0 Å². The minimum Gasteiger partial charge on any atom is -0.454 e. The summed E-state index contributed by atoms with van der Waals surface area (Å²) < 4.78 is 13.1. The zero-order valence-electron chi connectivity index (χ0n) is 15.7. The molecule has 0 aromatic carbocycles. The van der Waals surface area contributed by atoms with Crippen molar-refractivity contribution < 1.29 is 13.7 Å². The molecule has 2 saturated heterocycles. The third kappa shape index (κ3) is 3.11. The molecular weight excluding hydrogens is 360 g/mol. The van der Waals surface area contributed by atoms with E-state index in [4.69, 9.17) is 8.94 Å². The predicted octanol–water partition coefficient (Wildman–Crippen LogP) is 1.91. The molecule has 9 heteroatoms. The first-order valence-electron chi connectivity index (χ1n) is 9.55. The highest BCUT2D eigenvalue weighted by Gasteiger charge is 2.37. The van der Waals surface area contributed by atoms with Crippen LogP contribution in [0.4, 0.5) is 0 Å². The molecule has 0 saturated carbocycles. The zero-order chi connectivity index (χ0) is 19.1. The Morgan fingerprint density at radius 3 is 2.96 bits per heavy atom. The van der Waals surface area contributed by atoms with Crippen LogP contribution in [0.15, 0.2) is 39.8 Å². The maximum atomic E-state index is 12.6. The van der Waals surface area contributed by atoms with E-state index < -0.39 is 0 Å². The second kappa shape index (κ2) is 6.90. The number of carbonyl (C=O) groups is 1. The van der Waals surface area contributed by atoms with Gasteiger partial charge in [0.15, 0.2) is 11.6 Å². The zero-order valence-corrected chi connectivity index (χ0v) is 15.7. The maximum absolute atomic E-state index is 12.6. The van der Waals surface area contributed by atoms with E-state index in [0.29, 0.717) is 37.1 Å². The summed E-state index contributed by atoms with van der Waals surface area (Å²) in [5, 5.41) is 4.15. The SMILES string of the molecule is CN1CCCC1c1nc(C2CN(C(=O)c3ccc(Cn4ccnc4)o3)C2)no1. The largest absolute Gasteiger partial charge is 0.454 e. The van der Waals surface area contributed by atoms with E-state index in [1.54, 1.807) is 23.5 Å². The fraction of sp³-hybridized carbons (Fsp3) is 0.474. The molecule has 3 aromatic heterocycles. The molecule has 28 heavy (non-hydrogen) atoms. The van der Waals surface area contributed by atoms with Crippen LogP contribution in [-0.2, 0) is 6.54 Å². The Balaban J connectivity index is 1.18. The predicted molar refractivity (Wildman–Crippen MR) is 97.6 cm³/mol. The molecule has 2 fully saturated rings. The first-order chi connectivity index (χ1) is 13.7. The van der Waals surface area contributed by atoms with E-state index >= 15 is 0 Å². The number of amides is 1. The normalized spacial score (nSPS) is 20.6. The lowest BCUT2D eigenvalue weighted by Gasteiger charge is -2.36. The summed E-state index contributed by atoms with van der Waals surface area (Å²) in [7, 11) is 2.08. The molecule has 2 aliphatic rings. The second-order valence-electron chi connectivity index (χ2n) is 7.54. The Hall–Kier alpha value is -2.94. The Bertz CT molecular complexity index is 956. The summed E-state index contributed by atoms with van der Waals surface area (Å²) in [5.74, 6) is 2.48. The van der Waals surface area contributed by atoms with Gasteiger partial charge in [0.1, 0.15) is 5.76 Å². The molecule has 3 aromatic rings. The monoisotopic (exact) mass is 382 g/mol. The van der Waals surface area contributed by atoms with E-state index in [2.05, 4.69) is 27.1 Å². The molecule has 0 radical (unpaired) electrons. The molecule has 0 aliphatic carbocycles. The summed E-state index contributed by atoms with van der Waals surface area (Å²) in [5.41, 5.74) is 0. The van der Waals surface area contributed by atoms with Crippen LogP contribution < -0.4 is 0 Å². The lowest BCUT2D eigenvalue weighted by Crippen LogP contribution is -2.48. The van der Waals surface area contributed by atoms with Crippen molar-refractivity contribution >= 4 is 5.91 Å². The smallest absolute Gasteiger partial charge is 0.289 e. The average Bonchev–Trinajstić information content (AvgIpc) is 3.41. The van der Waals surface area contributed by atoms with E-state index in [0.717, 1.165) is 25.1 Å². The lowest BCUT2D eigenvalue weighted by atomic mass is 9.99. The molecule has 0 bridgehead atoms. The topological polar surface area (TPSA) is 93.4 Å². The number of hydrogen-bond acceptors (Lipinski definition) is 7. The fourth-order valence-electron chi connectivity index (χ4n) is 3.87. The summed E-state index contributed by atoms with van der Waals surface area (Å²) in [4.78, 5) is 25.2. The van der Waals surface area contributed by atoms with E-state index in [9.17, 15) is 4.79 Å². The number of nitrogens with zero attached hydrogens (tertiary/aromatic N) is 6. The molecule has 0 spiro atoms. The standard InChI is InChI=1S/C19H22N6O3/c1-23-7-2-3-15(23)18-21-17(22-28-18)13-9-25(10-13)19(26)16-5-4-14(27-16)11-24-8-6-20-12-24/h4-6,8,12-13,15H,2-3,7,9-11H2,1H3. The van der Waals surface area contributed by atoms with Gasteiger partial charge in [-0.05, 0) is 38.6 Å². The van der Waals surface area contributed by atoms with Crippen LogP contribution in [0.2, 0.25) is 0 Å². The van der Waals surface area contributed by atoms with Crippen molar-refractivity contribution in [2.45, 2.75) is 31.3 Å². The van der Waals surface area contributed by atoms with Crippen LogP contribution in [0.5, 0.6) is 0 Å². The lowest BCUT2D eigenvalue weighted by molar-refractivity contribution is 0.0557. The minimum absolute atomic E-state index is 0.104. The van der Waals surface area contributed by atoms with Gasteiger partial charge in [-0.1, -0.05) is 5.16 Å². The van der Waals surface area contributed by atoms with Gasteiger partial charge in [0.25, 0.3) is 5.91 Å². The fourth-order valence-corrected chi connectivity index (χ4v) is 3.87. The molecule has 9 nitrogen and oxygen atoms in total. The number of rotatable bonds is 5. The van der Waals surface area contributed by atoms with Gasteiger partial charge in [0.2, 0.25) is 5.89 Å². The van der Waals surface area contributed by atoms with Crippen molar-refractivity contribution in [1.29, 1.82) is 0 Å². The van der Waals surface area contributed by atoms with Crippen LogP contribution in [-0.4, -0.2) is 62.1 Å². The van der Waals surface area contributed by atoms with E-state index in [1.165, 1.54) is 0 Å². The molecule has 0 N–H and O–H groups in total. The van der Waals surface area contributed by atoms with Gasteiger partial charge in [-0.25, -0.2) is 4.98 Å². The van der Waals surface area contributed by atoms with Crippen molar-refractivity contribution in [1.82, 2.24) is 29.5 Å². The summed E-state index contributed by atoms with van der Waals surface area (Å²) in [6.07, 6.45) is 7.48. The van der Waals surface area contributed by atoms with Crippen LogP contribution >= 0.6 is 0 Å². The Morgan fingerprint density at radius 2 is 2.21 bits per heavy atom. The van der Waals surface area contributed by atoms with Gasteiger partial charge in [-0.15, -0.1) is 0 Å². The molecule has 1 unspecified atom stereocenters. The number of aromatic nitrogens is 4. The first kappa shape index (κ1) is 17.2. The Kier molecular flexibility index (Phi) is 4.23. The van der Waals surface area contributed by atoms with Gasteiger partial charge in [0, 0.05) is 25.5 Å². The Morgan fingerprint density at radius 1 is 1.32 bits per heavy atom. The molecule has 1 amide bonds. The third-order valence-electron chi connectivity index (χ3n) is 5.57.